The number of carbonyl (C=O) groups excluding carboxylic acids is 2. The van der Waals surface area contributed by atoms with Crippen molar-refractivity contribution in [2.24, 2.45) is 11.8 Å². The third-order valence-corrected chi connectivity index (χ3v) is 7.41. The van der Waals surface area contributed by atoms with Gasteiger partial charge in [0, 0.05) is 31.2 Å². The van der Waals surface area contributed by atoms with Crippen molar-refractivity contribution in [2.45, 2.75) is 25.2 Å². The molecule has 0 aromatic heterocycles. The molecule has 1 atom stereocenters. The molecule has 0 heterocycles. The van der Waals surface area contributed by atoms with E-state index in [1.165, 1.54) is 16.0 Å². The fourth-order valence-corrected chi connectivity index (χ4v) is 5.25. The minimum atomic E-state index is -1.01. The average Bonchev–Trinajstić information content (AvgIpc) is 3.65. The maximum atomic E-state index is 12.8. The van der Waals surface area contributed by atoms with Gasteiger partial charge in [-0.05, 0) is 53.2 Å². The van der Waals surface area contributed by atoms with Crippen LogP contribution < -0.4 is 5.32 Å². The Kier molecular flexibility index (Phi) is 8.33. The van der Waals surface area contributed by atoms with Gasteiger partial charge in [-0.15, -0.1) is 0 Å². The van der Waals surface area contributed by atoms with Crippen molar-refractivity contribution in [2.75, 3.05) is 38.2 Å². The lowest BCUT2D eigenvalue weighted by Gasteiger charge is -2.24. The SMILES string of the molecule is CSCCN(CC(=O)O)C(=O)CC(CNC(=O)OCC1c2ccccc2-c2ccccc21)C1CC1. The maximum Gasteiger partial charge on any atom is 0.407 e. The Hall–Kier alpha value is -3.00. The summed E-state index contributed by atoms with van der Waals surface area (Å²) in [5.74, 6) is -0.152. The summed E-state index contributed by atoms with van der Waals surface area (Å²) in [7, 11) is 0. The number of hydrogen-bond donors (Lipinski definition) is 2. The van der Waals surface area contributed by atoms with Gasteiger partial charge >= 0.3 is 12.1 Å². The van der Waals surface area contributed by atoms with Crippen LogP contribution in [0.1, 0.15) is 36.3 Å². The van der Waals surface area contributed by atoms with Crippen LogP contribution in [-0.2, 0) is 14.3 Å². The van der Waals surface area contributed by atoms with Gasteiger partial charge < -0.3 is 20.1 Å². The van der Waals surface area contributed by atoms with Crippen molar-refractivity contribution in [3.63, 3.8) is 0 Å². The van der Waals surface area contributed by atoms with Gasteiger partial charge in [0.1, 0.15) is 13.2 Å². The molecule has 0 radical (unpaired) electrons. The van der Waals surface area contributed by atoms with Crippen molar-refractivity contribution >= 4 is 29.7 Å². The zero-order valence-electron chi connectivity index (χ0n) is 19.9. The highest BCUT2D eigenvalue weighted by Gasteiger charge is 2.34. The Morgan fingerprint density at radius 3 is 2.29 bits per heavy atom. The zero-order chi connectivity index (χ0) is 24.8. The number of fused-ring (bicyclic) bond motifs is 3. The number of hydrogen-bond acceptors (Lipinski definition) is 5. The molecule has 0 aliphatic heterocycles. The predicted molar refractivity (Wildman–Crippen MR) is 137 cm³/mol. The Balaban J connectivity index is 1.31. The molecule has 2 aromatic carbocycles. The third kappa shape index (κ3) is 6.36. The number of ether oxygens (including phenoxy) is 1. The molecule has 8 heteroatoms. The third-order valence-electron chi connectivity index (χ3n) is 6.82. The molecule has 2 amide bonds. The van der Waals surface area contributed by atoms with E-state index < -0.39 is 12.1 Å². The molecule has 1 unspecified atom stereocenters. The largest absolute Gasteiger partial charge is 0.480 e. The summed E-state index contributed by atoms with van der Waals surface area (Å²) < 4.78 is 5.62. The fraction of sp³-hybridized carbons (Fsp3) is 0.444. The van der Waals surface area contributed by atoms with E-state index in [1.54, 1.807) is 11.8 Å². The van der Waals surface area contributed by atoms with Crippen molar-refractivity contribution in [3.8, 4) is 11.1 Å². The summed E-state index contributed by atoms with van der Waals surface area (Å²) in [6, 6.07) is 16.4. The highest BCUT2D eigenvalue weighted by atomic mass is 32.2. The van der Waals surface area contributed by atoms with E-state index in [-0.39, 0.29) is 37.3 Å². The van der Waals surface area contributed by atoms with Crippen LogP contribution in [0.2, 0.25) is 0 Å². The number of alkyl carbamates (subject to hydrolysis) is 1. The van der Waals surface area contributed by atoms with E-state index in [2.05, 4.69) is 29.6 Å². The Morgan fingerprint density at radius 2 is 1.71 bits per heavy atom. The fourth-order valence-electron chi connectivity index (χ4n) is 4.85. The van der Waals surface area contributed by atoms with Crippen LogP contribution in [0.4, 0.5) is 4.79 Å². The van der Waals surface area contributed by atoms with Crippen LogP contribution >= 0.6 is 11.8 Å². The van der Waals surface area contributed by atoms with E-state index in [4.69, 9.17) is 9.84 Å². The lowest BCUT2D eigenvalue weighted by atomic mass is 9.98. The standard InChI is InChI=1S/C27H32N2O5S/c1-35-13-12-29(16-26(31)32)25(30)14-19(18-10-11-18)15-28-27(33)34-17-24-22-8-4-2-6-20(22)21-7-3-5-9-23(21)24/h2-9,18-19,24H,10-17H2,1H3,(H,28,33)(H,31,32). The number of carboxylic acids is 1. The van der Waals surface area contributed by atoms with Crippen LogP contribution in [-0.4, -0.2) is 66.2 Å². The van der Waals surface area contributed by atoms with Crippen molar-refractivity contribution < 1.29 is 24.2 Å². The maximum absolute atomic E-state index is 12.8. The molecule has 1 saturated carbocycles. The first-order valence-corrected chi connectivity index (χ1v) is 13.4. The van der Waals surface area contributed by atoms with E-state index in [0.717, 1.165) is 24.0 Å². The second-order valence-corrected chi connectivity index (χ2v) is 10.2. The van der Waals surface area contributed by atoms with Crippen LogP contribution in [0.5, 0.6) is 0 Å². The Labute approximate surface area is 210 Å². The van der Waals surface area contributed by atoms with Gasteiger partial charge in [-0.1, -0.05) is 48.5 Å². The van der Waals surface area contributed by atoms with Gasteiger partial charge in [-0.3, -0.25) is 9.59 Å². The molecular formula is C27H32N2O5S. The minimum absolute atomic E-state index is 0.00466. The highest BCUT2D eigenvalue weighted by molar-refractivity contribution is 7.98. The van der Waals surface area contributed by atoms with Crippen molar-refractivity contribution in [3.05, 3.63) is 59.7 Å². The molecule has 186 valence electrons. The summed E-state index contributed by atoms with van der Waals surface area (Å²) in [6.45, 7) is 0.699. The number of thioether (sulfide) groups is 1. The van der Waals surface area contributed by atoms with E-state index in [9.17, 15) is 14.4 Å². The topological polar surface area (TPSA) is 95.9 Å². The highest BCUT2D eigenvalue weighted by Crippen LogP contribution is 2.44. The van der Waals surface area contributed by atoms with Crippen LogP contribution in [0.25, 0.3) is 11.1 Å². The summed E-state index contributed by atoms with van der Waals surface area (Å²) in [5.41, 5.74) is 4.67. The molecule has 2 aliphatic carbocycles. The number of nitrogens with zero attached hydrogens (tertiary/aromatic N) is 1. The van der Waals surface area contributed by atoms with Gasteiger partial charge in [-0.2, -0.15) is 11.8 Å². The summed E-state index contributed by atoms with van der Waals surface area (Å²) in [5, 5.41) is 12.0. The van der Waals surface area contributed by atoms with Crippen LogP contribution in [0, 0.1) is 11.8 Å². The molecular weight excluding hydrogens is 464 g/mol. The van der Waals surface area contributed by atoms with Crippen molar-refractivity contribution in [1.29, 1.82) is 0 Å². The number of aliphatic carboxylic acids is 1. The van der Waals surface area contributed by atoms with Gasteiger partial charge in [0.25, 0.3) is 0 Å². The van der Waals surface area contributed by atoms with Crippen molar-refractivity contribution in [1.82, 2.24) is 10.2 Å². The summed E-state index contributed by atoms with van der Waals surface area (Å²) >= 11 is 1.57. The number of nitrogens with one attached hydrogen (secondary N) is 1. The first-order chi connectivity index (χ1) is 17.0. The summed E-state index contributed by atoms with van der Waals surface area (Å²) in [4.78, 5) is 38.0. The molecule has 4 rings (SSSR count). The van der Waals surface area contributed by atoms with E-state index >= 15 is 0 Å². The second kappa shape index (κ2) is 11.6. The molecule has 35 heavy (non-hydrogen) atoms. The van der Waals surface area contributed by atoms with Gasteiger partial charge in [0.2, 0.25) is 5.91 Å². The molecule has 0 spiro atoms. The monoisotopic (exact) mass is 496 g/mol. The Morgan fingerprint density at radius 1 is 1.09 bits per heavy atom. The van der Waals surface area contributed by atoms with Gasteiger partial charge in [0.15, 0.2) is 0 Å². The van der Waals surface area contributed by atoms with Gasteiger partial charge in [-0.25, -0.2) is 4.79 Å². The average molecular weight is 497 g/mol. The quantitative estimate of drug-likeness (QED) is 0.457. The van der Waals surface area contributed by atoms with Gasteiger partial charge in [0.05, 0.1) is 0 Å². The number of rotatable bonds is 12. The molecule has 0 saturated heterocycles. The first kappa shape index (κ1) is 25.1. The molecule has 2 aromatic rings. The van der Waals surface area contributed by atoms with Crippen LogP contribution in [0.15, 0.2) is 48.5 Å². The van der Waals surface area contributed by atoms with Crippen LogP contribution in [0.3, 0.4) is 0 Å². The summed E-state index contributed by atoms with van der Waals surface area (Å²) in [6.07, 6.45) is 3.71. The number of benzene rings is 2. The van der Waals surface area contributed by atoms with E-state index in [0.29, 0.717) is 24.8 Å². The molecule has 7 nitrogen and oxygen atoms in total. The molecule has 0 bridgehead atoms. The first-order valence-electron chi connectivity index (χ1n) is 12.0. The second-order valence-electron chi connectivity index (χ2n) is 9.21. The molecule has 1 fully saturated rings. The minimum Gasteiger partial charge on any atom is -0.480 e. The number of carbonyl (C=O) groups is 3. The predicted octanol–water partition coefficient (Wildman–Crippen LogP) is 4.22. The lowest BCUT2D eigenvalue weighted by Crippen LogP contribution is -2.40. The smallest absolute Gasteiger partial charge is 0.407 e. The lowest BCUT2D eigenvalue weighted by molar-refractivity contribution is -0.144. The Bertz CT molecular complexity index is 1030. The molecule has 2 N–H and O–H groups in total. The van der Waals surface area contributed by atoms with E-state index in [1.807, 2.05) is 30.5 Å². The number of amides is 2. The zero-order valence-corrected chi connectivity index (χ0v) is 20.8. The normalized spacial score (nSPS) is 15.1. The number of carboxylic acid groups (broad SMARTS) is 1. The molecule has 2 aliphatic rings.